The molecular formula is C119H80N2OS2. The van der Waals surface area contributed by atoms with Crippen LogP contribution in [0.1, 0.15) is 69.5 Å². The van der Waals surface area contributed by atoms with Gasteiger partial charge in [0.2, 0.25) is 0 Å². The summed E-state index contributed by atoms with van der Waals surface area (Å²) in [6.45, 7) is 4.70. The Bertz CT molecular complexity index is 7860. The van der Waals surface area contributed by atoms with Crippen LogP contribution in [0, 0.1) is 0 Å². The summed E-state index contributed by atoms with van der Waals surface area (Å²) in [5, 5.41) is 7.43. The van der Waals surface area contributed by atoms with Gasteiger partial charge in [0.15, 0.2) is 0 Å². The van der Waals surface area contributed by atoms with Gasteiger partial charge in [-0.2, -0.15) is 0 Å². The van der Waals surface area contributed by atoms with E-state index in [-0.39, 0.29) is 5.41 Å². The third-order valence-electron chi connectivity index (χ3n) is 26.7. The van der Waals surface area contributed by atoms with Gasteiger partial charge in [-0.3, -0.25) is 0 Å². The van der Waals surface area contributed by atoms with Gasteiger partial charge in [-0.05, 0) is 226 Å². The number of thiophene rings is 2. The third kappa shape index (κ3) is 11.4. The molecule has 0 unspecified atom stereocenters. The molecule has 0 saturated heterocycles. The van der Waals surface area contributed by atoms with Crippen molar-refractivity contribution >= 4 is 119 Å². The number of anilines is 6. The van der Waals surface area contributed by atoms with E-state index in [1.165, 1.54) is 163 Å². The third-order valence-corrected chi connectivity index (χ3v) is 29.1. The molecule has 0 radical (unpaired) electrons. The Labute approximate surface area is 729 Å². The highest BCUT2D eigenvalue weighted by molar-refractivity contribution is 7.26. The topological polar surface area (TPSA) is 19.6 Å². The first-order valence-electron chi connectivity index (χ1n) is 42.8. The van der Waals surface area contributed by atoms with Gasteiger partial charge in [0, 0.05) is 96.7 Å². The monoisotopic (exact) mass is 1620 g/mol. The summed E-state index contributed by atoms with van der Waals surface area (Å²) in [6, 6.07) is 165. The first-order valence-corrected chi connectivity index (χ1v) is 44.5. The second-order valence-corrected chi connectivity index (χ2v) is 35.7. The fourth-order valence-electron chi connectivity index (χ4n) is 21.2. The zero-order valence-corrected chi connectivity index (χ0v) is 70.0. The van der Waals surface area contributed by atoms with Gasteiger partial charge in [0.05, 0.1) is 10.8 Å². The zero-order valence-electron chi connectivity index (χ0n) is 68.3. The van der Waals surface area contributed by atoms with Crippen LogP contribution in [-0.4, -0.2) is 0 Å². The molecule has 0 bridgehead atoms. The normalized spacial score (nSPS) is 13.4. The summed E-state index contributed by atoms with van der Waals surface area (Å²) in [4.78, 5) is 4.75. The number of hydrogen-bond donors (Lipinski definition) is 0. The Morgan fingerprint density at radius 2 is 0.629 bits per heavy atom. The first-order chi connectivity index (χ1) is 61.2. The average molecular weight is 1620 g/mol. The predicted molar refractivity (Wildman–Crippen MR) is 524 cm³/mol. The molecule has 0 spiro atoms. The summed E-state index contributed by atoms with van der Waals surface area (Å²) >= 11 is 3.79. The van der Waals surface area contributed by atoms with Crippen LogP contribution in [0.25, 0.3) is 129 Å². The van der Waals surface area contributed by atoms with E-state index >= 15 is 0 Å². The van der Waals surface area contributed by atoms with Crippen molar-refractivity contribution in [2.75, 3.05) is 9.80 Å². The molecule has 3 aliphatic rings. The van der Waals surface area contributed by atoms with Crippen molar-refractivity contribution in [3.63, 3.8) is 0 Å². The second-order valence-electron chi connectivity index (χ2n) is 33.6. The van der Waals surface area contributed by atoms with E-state index in [2.05, 4.69) is 466 Å². The molecule has 0 fully saturated rings. The Morgan fingerprint density at radius 3 is 1.27 bits per heavy atom. The fourth-order valence-corrected chi connectivity index (χ4v) is 23.6. The lowest BCUT2D eigenvalue weighted by Gasteiger charge is -2.34. The van der Waals surface area contributed by atoms with Crippen LogP contribution >= 0.6 is 22.7 Å². The number of hydrogen-bond acceptors (Lipinski definition) is 5. The number of fused-ring (bicyclic) bond motifs is 18. The second kappa shape index (κ2) is 29.1. The molecule has 584 valence electrons. The summed E-state index contributed by atoms with van der Waals surface area (Å²) in [5.74, 6) is 0. The van der Waals surface area contributed by atoms with Crippen molar-refractivity contribution in [3.8, 4) is 66.8 Å². The molecule has 0 aliphatic heterocycles. The van der Waals surface area contributed by atoms with Gasteiger partial charge >= 0.3 is 0 Å². The number of rotatable bonds is 13. The molecule has 124 heavy (non-hydrogen) atoms. The number of benzene rings is 19. The smallest absolute Gasteiger partial charge is 0.137 e. The highest BCUT2D eigenvalue weighted by Crippen LogP contribution is 2.60. The van der Waals surface area contributed by atoms with Crippen molar-refractivity contribution in [1.29, 1.82) is 0 Å². The Morgan fingerprint density at radius 1 is 0.210 bits per heavy atom. The molecule has 5 heteroatoms. The molecule has 25 rings (SSSR count). The standard InChI is InChI=1S/C64H43NOS.C55H37NS/c1-63(2)55-23-10-6-17-47(55)50-34-32-44(38-58(50)63)65(45-33-35-52-51-20-9-13-26-59(51)66-60(52)39-45)43-30-27-40(28-31-43)46-21-14-22-53-54-37-42(29-36-61(54)67-62(46)53)64(41-15-4-3-5-16-41)56-24-11-7-18-48(56)49-19-8-12-25-57(49)64;1-4-16-38(17-5-1)39-30-33-44(34-31-39)56(43-21-8-3-9-22-43)45-23-14-18-40(36-45)46-26-15-29-52-54(46)49-35-32-42(37-53(49)57-52)55(41-19-6-2-7-20-41)50-27-12-10-24-47(50)48-25-11-13-28-51(48)55/h3-39H,1-2H3;1-37H. The quantitative estimate of drug-likeness (QED) is 0.115. The summed E-state index contributed by atoms with van der Waals surface area (Å²) < 4.78 is 11.7. The first kappa shape index (κ1) is 73.0. The van der Waals surface area contributed by atoms with E-state index in [0.717, 1.165) is 56.1 Å². The molecule has 0 amide bonds. The molecule has 3 aromatic heterocycles. The summed E-state index contributed by atoms with van der Waals surface area (Å²) in [5.41, 5.74) is 35.8. The maximum atomic E-state index is 6.48. The van der Waals surface area contributed by atoms with Gasteiger partial charge in [-0.1, -0.05) is 354 Å². The molecule has 3 heterocycles. The minimum Gasteiger partial charge on any atom is -0.456 e. The van der Waals surface area contributed by atoms with E-state index in [0.29, 0.717) is 0 Å². The van der Waals surface area contributed by atoms with E-state index in [9.17, 15) is 0 Å². The highest BCUT2D eigenvalue weighted by atomic mass is 32.1. The van der Waals surface area contributed by atoms with Crippen molar-refractivity contribution in [1.82, 2.24) is 0 Å². The zero-order chi connectivity index (χ0) is 82.2. The SMILES string of the molecule is CC1(C)c2ccccc2-c2ccc(N(c3ccc(-c4cccc5c4sc4ccc(C6(c7ccccc7)c7ccccc7-c7ccccc76)cc45)cc3)c3ccc4c(c3)oc3ccccc34)cc21.c1ccc(-c2ccc(N(c3ccccc3)c3cccc(-c4cccc5sc6cc(C7(c8ccccc8)c8ccccc8-c8ccccc87)ccc6c45)c3)cc2)cc1. The largest absolute Gasteiger partial charge is 0.456 e. The van der Waals surface area contributed by atoms with Gasteiger partial charge in [0.1, 0.15) is 11.2 Å². The lowest BCUT2D eigenvalue weighted by molar-refractivity contribution is 0.660. The molecule has 0 saturated carbocycles. The van der Waals surface area contributed by atoms with Crippen LogP contribution in [0.5, 0.6) is 0 Å². The van der Waals surface area contributed by atoms with Gasteiger partial charge in [-0.25, -0.2) is 0 Å². The van der Waals surface area contributed by atoms with Crippen LogP contribution in [0.3, 0.4) is 0 Å². The molecule has 3 aliphatic carbocycles. The van der Waals surface area contributed by atoms with Crippen LogP contribution in [0.15, 0.2) is 453 Å². The van der Waals surface area contributed by atoms with Gasteiger partial charge < -0.3 is 14.2 Å². The minimum absolute atomic E-state index is 0.127. The van der Waals surface area contributed by atoms with Gasteiger partial charge in [-0.15, -0.1) is 22.7 Å². The van der Waals surface area contributed by atoms with Crippen molar-refractivity contribution in [2.45, 2.75) is 30.1 Å². The van der Waals surface area contributed by atoms with Crippen LogP contribution in [0.4, 0.5) is 34.1 Å². The Hall–Kier alpha value is -15.0. The van der Waals surface area contributed by atoms with Crippen molar-refractivity contribution in [2.24, 2.45) is 0 Å². The van der Waals surface area contributed by atoms with Crippen molar-refractivity contribution in [3.05, 3.63) is 505 Å². The maximum absolute atomic E-state index is 6.48. The lowest BCUT2D eigenvalue weighted by atomic mass is 9.67. The van der Waals surface area contributed by atoms with E-state index in [1.807, 2.05) is 28.7 Å². The van der Waals surface area contributed by atoms with E-state index in [4.69, 9.17) is 4.42 Å². The number of furan rings is 1. The summed E-state index contributed by atoms with van der Waals surface area (Å²) in [7, 11) is 0. The summed E-state index contributed by atoms with van der Waals surface area (Å²) in [6.07, 6.45) is 0. The Balaban J connectivity index is 0.000000141. The molecule has 0 N–H and O–H groups in total. The molecule has 19 aromatic carbocycles. The lowest BCUT2D eigenvalue weighted by Crippen LogP contribution is -2.28. The van der Waals surface area contributed by atoms with E-state index in [1.54, 1.807) is 0 Å². The Kier molecular flexibility index (Phi) is 17.2. The number of para-hydroxylation sites is 2. The fraction of sp³-hybridized carbons (Fsp3) is 0.0420. The minimum atomic E-state index is -0.441. The highest BCUT2D eigenvalue weighted by Gasteiger charge is 2.48. The molecule has 22 aromatic rings. The molecular weight excluding hydrogens is 1540 g/mol. The maximum Gasteiger partial charge on any atom is 0.137 e. The van der Waals surface area contributed by atoms with Crippen LogP contribution < -0.4 is 9.80 Å². The average Bonchev–Trinajstić information content (AvgIpc) is 1.54. The predicted octanol–water partition coefficient (Wildman–Crippen LogP) is 33.0. The molecule has 3 nitrogen and oxygen atoms in total. The van der Waals surface area contributed by atoms with E-state index < -0.39 is 10.8 Å². The van der Waals surface area contributed by atoms with Crippen LogP contribution in [0.2, 0.25) is 0 Å². The van der Waals surface area contributed by atoms with Crippen molar-refractivity contribution < 1.29 is 4.42 Å². The molecule has 0 atom stereocenters. The number of nitrogens with zero attached hydrogens (tertiary/aromatic N) is 2. The van der Waals surface area contributed by atoms with Crippen LogP contribution in [-0.2, 0) is 16.2 Å². The van der Waals surface area contributed by atoms with Gasteiger partial charge in [0.25, 0.3) is 0 Å².